The quantitative estimate of drug-likeness (QED) is 0.833. The van der Waals surface area contributed by atoms with Crippen LogP contribution >= 0.6 is 15.9 Å². The molecule has 0 fully saturated rings. The lowest BCUT2D eigenvalue weighted by molar-refractivity contribution is -0.136. The molecule has 3 rings (SSSR count). The maximum Gasteiger partial charge on any atom is 0.338 e. The molecule has 1 N–H and O–H groups in total. The molecule has 2 heterocycles. The lowest BCUT2D eigenvalue weighted by Crippen LogP contribution is -2.29. The Balaban J connectivity index is 2.23. The van der Waals surface area contributed by atoms with E-state index in [0.717, 1.165) is 10.0 Å². The Morgan fingerprint density at radius 2 is 2.19 bits per heavy atom. The Hall–Kier alpha value is -2.22. The number of ether oxygens (including phenoxy) is 1. The van der Waals surface area contributed by atoms with Crippen molar-refractivity contribution in [3.8, 4) is 0 Å². The van der Waals surface area contributed by atoms with Crippen molar-refractivity contribution in [2.24, 2.45) is 0 Å². The predicted octanol–water partition coefficient (Wildman–Crippen LogP) is 1.90. The number of hydrogen-bond donors (Lipinski definition) is 1. The summed E-state index contributed by atoms with van der Waals surface area (Å²) in [6, 6.07) is 7.19. The van der Waals surface area contributed by atoms with Gasteiger partial charge >= 0.3 is 5.97 Å². The Labute approximate surface area is 129 Å². The number of nitrogens with one attached hydrogen (secondary N) is 1. The van der Waals surface area contributed by atoms with Crippen LogP contribution in [0.3, 0.4) is 0 Å². The van der Waals surface area contributed by atoms with Gasteiger partial charge in [-0.15, -0.1) is 0 Å². The molecular formula is C13H12BrN5O2. The molecule has 1 aromatic carbocycles. The summed E-state index contributed by atoms with van der Waals surface area (Å²) in [4.78, 5) is 12.2. The van der Waals surface area contributed by atoms with Crippen LogP contribution in [0.15, 0.2) is 40.0 Å². The SMILES string of the molecule is COC(=O)C1=C(C)Nc2nnnn2C1c1ccccc1Br. The predicted molar refractivity (Wildman–Crippen MR) is 78.4 cm³/mol. The van der Waals surface area contributed by atoms with E-state index >= 15 is 0 Å². The van der Waals surface area contributed by atoms with E-state index in [4.69, 9.17) is 4.74 Å². The molecule has 0 saturated carbocycles. The zero-order valence-electron chi connectivity index (χ0n) is 11.4. The van der Waals surface area contributed by atoms with Gasteiger partial charge in [0.2, 0.25) is 5.95 Å². The third-order valence-electron chi connectivity index (χ3n) is 3.32. The molecule has 0 saturated heterocycles. The number of halogens is 1. The van der Waals surface area contributed by atoms with Gasteiger partial charge < -0.3 is 10.1 Å². The van der Waals surface area contributed by atoms with Crippen molar-refractivity contribution in [1.82, 2.24) is 20.2 Å². The van der Waals surface area contributed by atoms with E-state index in [-0.39, 0.29) is 0 Å². The summed E-state index contributed by atoms with van der Waals surface area (Å²) in [5, 5.41) is 14.6. The van der Waals surface area contributed by atoms with Gasteiger partial charge in [0.25, 0.3) is 0 Å². The number of hydrogen-bond acceptors (Lipinski definition) is 6. The Morgan fingerprint density at radius 3 is 2.90 bits per heavy atom. The highest BCUT2D eigenvalue weighted by atomic mass is 79.9. The third kappa shape index (κ3) is 2.21. The first kappa shape index (κ1) is 13.7. The monoisotopic (exact) mass is 349 g/mol. The van der Waals surface area contributed by atoms with E-state index < -0.39 is 12.0 Å². The molecule has 108 valence electrons. The van der Waals surface area contributed by atoms with Gasteiger partial charge in [0.05, 0.1) is 12.7 Å². The first-order valence-corrected chi connectivity index (χ1v) is 7.01. The van der Waals surface area contributed by atoms with Crippen LogP contribution in [0.25, 0.3) is 0 Å². The van der Waals surface area contributed by atoms with Crippen molar-refractivity contribution < 1.29 is 9.53 Å². The second-order valence-electron chi connectivity index (χ2n) is 4.53. The summed E-state index contributed by atoms with van der Waals surface area (Å²) in [6.45, 7) is 1.80. The van der Waals surface area contributed by atoms with Gasteiger partial charge in [-0.25, -0.2) is 4.79 Å². The maximum atomic E-state index is 12.2. The zero-order valence-corrected chi connectivity index (χ0v) is 13.0. The molecule has 0 spiro atoms. The molecule has 1 unspecified atom stereocenters. The number of fused-ring (bicyclic) bond motifs is 1. The summed E-state index contributed by atoms with van der Waals surface area (Å²) in [7, 11) is 1.36. The van der Waals surface area contributed by atoms with Crippen LogP contribution < -0.4 is 5.32 Å². The summed E-state index contributed by atoms with van der Waals surface area (Å²) in [6.07, 6.45) is 0. The number of tetrazole rings is 1. The largest absolute Gasteiger partial charge is 0.466 e. The second kappa shape index (κ2) is 5.28. The molecule has 1 aromatic heterocycles. The van der Waals surface area contributed by atoms with Crippen molar-refractivity contribution in [3.05, 3.63) is 45.6 Å². The topological polar surface area (TPSA) is 81.9 Å². The van der Waals surface area contributed by atoms with Gasteiger partial charge in [-0.05, 0) is 29.0 Å². The van der Waals surface area contributed by atoms with E-state index in [9.17, 15) is 4.79 Å². The molecule has 1 aliphatic rings. The number of anilines is 1. The fraction of sp³-hybridized carbons (Fsp3) is 0.231. The summed E-state index contributed by atoms with van der Waals surface area (Å²) >= 11 is 3.51. The fourth-order valence-corrected chi connectivity index (χ4v) is 2.87. The van der Waals surface area contributed by atoms with Crippen LogP contribution in [0.1, 0.15) is 18.5 Å². The number of nitrogens with zero attached hydrogens (tertiary/aromatic N) is 4. The van der Waals surface area contributed by atoms with E-state index in [1.807, 2.05) is 24.3 Å². The van der Waals surface area contributed by atoms with Crippen LogP contribution in [0, 0.1) is 0 Å². The Bertz CT molecular complexity index is 740. The standard InChI is InChI=1S/C13H12BrN5O2/c1-7-10(12(20)21-2)11(8-5-3-4-6-9(8)14)19-13(15-7)16-17-18-19/h3-6,11H,1-2H3,(H,15,16,18). The second-order valence-corrected chi connectivity index (χ2v) is 5.38. The van der Waals surface area contributed by atoms with Crippen LogP contribution in [-0.2, 0) is 9.53 Å². The number of methoxy groups -OCH3 is 1. The van der Waals surface area contributed by atoms with Gasteiger partial charge in [0.15, 0.2) is 0 Å². The highest BCUT2D eigenvalue weighted by molar-refractivity contribution is 9.10. The van der Waals surface area contributed by atoms with Gasteiger partial charge in [0.1, 0.15) is 6.04 Å². The molecule has 0 bridgehead atoms. The molecule has 0 amide bonds. The number of esters is 1. The number of benzene rings is 1. The minimum atomic E-state index is -0.445. The van der Waals surface area contributed by atoms with E-state index in [1.54, 1.807) is 11.6 Å². The van der Waals surface area contributed by atoms with Gasteiger partial charge in [-0.3, -0.25) is 0 Å². The van der Waals surface area contributed by atoms with Crippen molar-refractivity contribution in [3.63, 3.8) is 0 Å². The van der Waals surface area contributed by atoms with Crippen molar-refractivity contribution in [2.75, 3.05) is 12.4 Å². The Morgan fingerprint density at radius 1 is 1.43 bits per heavy atom. The first-order valence-electron chi connectivity index (χ1n) is 6.22. The van der Waals surface area contributed by atoms with Gasteiger partial charge in [-0.2, -0.15) is 4.68 Å². The van der Waals surface area contributed by atoms with E-state index in [1.165, 1.54) is 7.11 Å². The van der Waals surface area contributed by atoms with Crippen LogP contribution in [-0.4, -0.2) is 33.3 Å². The van der Waals surface area contributed by atoms with E-state index in [0.29, 0.717) is 17.2 Å². The number of allylic oxidation sites excluding steroid dienone is 1. The van der Waals surface area contributed by atoms with Gasteiger partial charge in [-0.1, -0.05) is 39.2 Å². The van der Waals surface area contributed by atoms with Crippen molar-refractivity contribution in [1.29, 1.82) is 0 Å². The molecule has 2 aromatic rings. The molecular weight excluding hydrogens is 338 g/mol. The lowest BCUT2D eigenvalue weighted by atomic mass is 9.96. The third-order valence-corrected chi connectivity index (χ3v) is 4.04. The molecule has 0 aliphatic carbocycles. The molecule has 1 atom stereocenters. The highest BCUT2D eigenvalue weighted by Crippen LogP contribution is 2.37. The number of carbonyl (C=O) groups is 1. The molecule has 1 aliphatic heterocycles. The van der Waals surface area contributed by atoms with E-state index in [2.05, 4.69) is 36.8 Å². The van der Waals surface area contributed by atoms with Crippen molar-refractivity contribution >= 4 is 27.8 Å². The van der Waals surface area contributed by atoms with Crippen molar-refractivity contribution in [2.45, 2.75) is 13.0 Å². The summed E-state index contributed by atoms with van der Waals surface area (Å²) in [5.41, 5.74) is 2.03. The van der Waals surface area contributed by atoms with Crippen LogP contribution in [0.4, 0.5) is 5.95 Å². The molecule has 21 heavy (non-hydrogen) atoms. The summed E-state index contributed by atoms with van der Waals surface area (Å²) in [5.74, 6) is 0.0720. The number of carbonyl (C=O) groups excluding carboxylic acids is 1. The van der Waals surface area contributed by atoms with Crippen LogP contribution in [0.2, 0.25) is 0 Å². The fourth-order valence-electron chi connectivity index (χ4n) is 2.37. The molecule has 0 radical (unpaired) electrons. The number of aromatic nitrogens is 4. The average Bonchev–Trinajstić information content (AvgIpc) is 2.93. The molecule has 8 heteroatoms. The summed E-state index contributed by atoms with van der Waals surface area (Å²) < 4.78 is 7.35. The zero-order chi connectivity index (χ0) is 15.0. The van der Waals surface area contributed by atoms with Gasteiger partial charge in [0, 0.05) is 10.2 Å². The first-order chi connectivity index (χ1) is 10.1. The lowest BCUT2D eigenvalue weighted by Gasteiger charge is -2.27. The number of rotatable bonds is 2. The average molecular weight is 350 g/mol. The molecule has 7 nitrogen and oxygen atoms in total. The van der Waals surface area contributed by atoms with Crippen LogP contribution in [0.5, 0.6) is 0 Å². The maximum absolute atomic E-state index is 12.2. The normalized spacial score (nSPS) is 17.2. The smallest absolute Gasteiger partial charge is 0.338 e. The minimum Gasteiger partial charge on any atom is -0.466 e. The highest BCUT2D eigenvalue weighted by Gasteiger charge is 2.35. The minimum absolute atomic E-state index is 0.415. The Kier molecular flexibility index (Phi) is 3.46.